The van der Waals surface area contributed by atoms with Gasteiger partial charge in [0.05, 0.1) is 21.5 Å². The number of benzene rings is 1. The first-order chi connectivity index (χ1) is 33.9. The van der Waals surface area contributed by atoms with E-state index in [4.69, 9.17) is 9.98 Å². The molecule has 1 aliphatic carbocycles. The first-order valence-electron chi connectivity index (χ1n) is 28.6. The van der Waals surface area contributed by atoms with Crippen molar-refractivity contribution in [1.82, 2.24) is 0 Å². The van der Waals surface area contributed by atoms with Crippen LogP contribution in [0.3, 0.4) is 0 Å². The van der Waals surface area contributed by atoms with E-state index in [0.29, 0.717) is 5.92 Å². The van der Waals surface area contributed by atoms with Crippen molar-refractivity contribution < 1.29 is 4.79 Å². The molecule has 0 N–H and O–H groups in total. The normalized spacial score (nSPS) is 14.8. The fourth-order valence-electron chi connectivity index (χ4n) is 11.4. The van der Waals surface area contributed by atoms with Crippen molar-refractivity contribution in [2.45, 2.75) is 266 Å². The van der Waals surface area contributed by atoms with E-state index in [1.165, 1.54) is 132 Å². The van der Waals surface area contributed by atoms with E-state index in [0.717, 1.165) is 52.4 Å². The van der Waals surface area contributed by atoms with Crippen molar-refractivity contribution in [3.05, 3.63) is 90.6 Å². The second-order valence-corrected chi connectivity index (χ2v) is 27.7. The minimum atomic E-state index is -0.801. The standard InChI is InChI=1S/C62H88N2OS4.C2H6/c1-14-18-22-26-36-61(37-27-23-19-15-2)45-40-49(42(5)6)68-55(45)56-46(61)41-50(69-56)48-33-35-52(67-48)60(12,13)57(65)59(10,11)44-31-30-43(47-32-34-51(66-47)58(7,8)9)53-54(44)64-62(63-53,38-28-24-20-16-3)39-29-25-21-17-4;1-2/h30-35,40-42H,14-29,36-39H2,1-13H3;1-2H3. The summed E-state index contributed by atoms with van der Waals surface area (Å²) < 4.78 is 0. The third-order valence-electron chi connectivity index (χ3n) is 15.7. The van der Waals surface area contributed by atoms with Gasteiger partial charge in [-0.05, 0) is 131 Å². The van der Waals surface area contributed by atoms with Gasteiger partial charge in [-0.15, -0.1) is 45.3 Å². The Kier molecular flexibility index (Phi) is 20.1. The van der Waals surface area contributed by atoms with Gasteiger partial charge in [0.1, 0.15) is 0 Å². The Balaban J connectivity index is 0.00000407. The van der Waals surface area contributed by atoms with Crippen LogP contribution in [0.25, 0.3) is 29.9 Å². The highest BCUT2D eigenvalue weighted by Crippen LogP contribution is 2.61. The lowest BCUT2D eigenvalue weighted by molar-refractivity contribution is -0.128. The lowest BCUT2D eigenvalue weighted by Gasteiger charge is -2.33. The molecular formula is C64H94N2OS4. The number of carbonyl (C=O) groups is 1. The molecular weight excluding hydrogens is 941 g/mol. The molecule has 2 aliphatic rings. The minimum Gasteiger partial charge on any atom is -0.298 e. The molecule has 0 saturated carbocycles. The van der Waals surface area contributed by atoms with E-state index in [1.807, 2.05) is 47.9 Å². The molecule has 7 rings (SSSR count). The first kappa shape index (κ1) is 57.6. The highest BCUT2D eigenvalue weighted by atomic mass is 32.1. The molecule has 5 aromatic rings. The zero-order valence-electron chi connectivity index (χ0n) is 47.3. The van der Waals surface area contributed by atoms with Crippen molar-refractivity contribution in [3.63, 3.8) is 0 Å². The van der Waals surface area contributed by atoms with Crippen molar-refractivity contribution in [2.24, 2.45) is 9.98 Å². The first-order valence-corrected chi connectivity index (χ1v) is 31.8. The SMILES string of the molecule is CC.CCCCCCC1(CCCCCC)N=c2c(-c3ccc(C(C)(C)C)s3)ccc(C(C)(C)C(=O)C(C)(C)c3ccc(-c4cc5c(s4)-c4sc(C(C)C)cc4C5(CCCCCC)CCCCCC)s3)c2=N1. The summed E-state index contributed by atoms with van der Waals surface area (Å²) in [5, 5.41) is 1.96. The fourth-order valence-corrected chi connectivity index (χ4v) is 16.4. The number of nitrogens with zero attached hydrogens (tertiary/aromatic N) is 2. The summed E-state index contributed by atoms with van der Waals surface area (Å²) in [6.45, 7) is 33.5. The van der Waals surface area contributed by atoms with Crippen LogP contribution >= 0.6 is 45.3 Å². The summed E-state index contributed by atoms with van der Waals surface area (Å²) in [6.07, 6.45) is 24.3. The summed E-state index contributed by atoms with van der Waals surface area (Å²) in [6, 6.07) is 18.9. The third-order valence-corrected chi connectivity index (χ3v) is 21.6. The molecule has 0 atom stereocenters. The number of carbonyl (C=O) groups excluding carboxylic acids is 1. The van der Waals surface area contributed by atoms with Gasteiger partial charge in [-0.25, -0.2) is 0 Å². The molecule has 0 spiro atoms. The summed E-state index contributed by atoms with van der Waals surface area (Å²) in [4.78, 5) is 38.1. The van der Waals surface area contributed by atoms with Crippen LogP contribution in [-0.2, 0) is 26.5 Å². The van der Waals surface area contributed by atoms with E-state index >= 15 is 4.79 Å². The summed E-state index contributed by atoms with van der Waals surface area (Å²) >= 11 is 7.79. The van der Waals surface area contributed by atoms with E-state index in [1.54, 1.807) is 16.0 Å². The van der Waals surface area contributed by atoms with Crippen LogP contribution in [0.15, 0.2) is 58.5 Å². The molecule has 71 heavy (non-hydrogen) atoms. The molecule has 0 bridgehead atoms. The molecule has 1 aromatic carbocycles. The number of rotatable bonds is 27. The van der Waals surface area contributed by atoms with Crippen molar-refractivity contribution >= 4 is 51.1 Å². The smallest absolute Gasteiger partial charge is 0.153 e. The molecule has 0 fully saturated rings. The van der Waals surface area contributed by atoms with Gasteiger partial charge < -0.3 is 0 Å². The molecule has 0 unspecified atom stereocenters. The van der Waals surface area contributed by atoms with Gasteiger partial charge in [0.2, 0.25) is 0 Å². The van der Waals surface area contributed by atoms with Crippen LogP contribution in [0.4, 0.5) is 0 Å². The highest BCUT2D eigenvalue weighted by molar-refractivity contribution is 7.27. The molecule has 7 heteroatoms. The second-order valence-electron chi connectivity index (χ2n) is 23.4. The van der Waals surface area contributed by atoms with E-state index < -0.39 is 16.5 Å². The Labute approximate surface area is 448 Å². The number of hydrogen-bond donors (Lipinski definition) is 0. The summed E-state index contributed by atoms with van der Waals surface area (Å²) in [7, 11) is 0. The molecule has 5 heterocycles. The quantitative estimate of drug-likeness (QED) is 0.0483. The van der Waals surface area contributed by atoms with Crippen LogP contribution < -0.4 is 10.7 Å². The number of hydrogen-bond acceptors (Lipinski definition) is 7. The lowest BCUT2D eigenvalue weighted by atomic mass is 9.69. The second kappa shape index (κ2) is 24.8. The van der Waals surface area contributed by atoms with Gasteiger partial charge in [-0.3, -0.25) is 14.8 Å². The number of fused-ring (bicyclic) bond motifs is 4. The van der Waals surface area contributed by atoms with Crippen LogP contribution in [0.1, 0.15) is 270 Å². The Hall–Kier alpha value is -2.71. The van der Waals surface area contributed by atoms with Crippen LogP contribution in [0, 0.1) is 0 Å². The Morgan fingerprint density at radius 3 is 1.55 bits per heavy atom. The highest BCUT2D eigenvalue weighted by Gasteiger charge is 2.47. The summed E-state index contributed by atoms with van der Waals surface area (Å²) in [5.41, 5.74) is 3.57. The van der Waals surface area contributed by atoms with Crippen LogP contribution in [0.2, 0.25) is 0 Å². The molecule has 1 aliphatic heterocycles. The van der Waals surface area contributed by atoms with Crippen LogP contribution in [0.5, 0.6) is 0 Å². The van der Waals surface area contributed by atoms with Crippen molar-refractivity contribution in [2.75, 3.05) is 0 Å². The maximum Gasteiger partial charge on any atom is 0.153 e. The van der Waals surface area contributed by atoms with Gasteiger partial charge in [0.25, 0.3) is 0 Å². The Morgan fingerprint density at radius 1 is 0.521 bits per heavy atom. The molecule has 390 valence electrons. The van der Waals surface area contributed by atoms with Gasteiger partial charge in [-0.1, -0.05) is 178 Å². The zero-order chi connectivity index (χ0) is 51.8. The average Bonchev–Trinajstić information content (AvgIpc) is 4.21. The predicted molar refractivity (Wildman–Crippen MR) is 317 cm³/mol. The van der Waals surface area contributed by atoms with E-state index in [-0.39, 0.29) is 16.6 Å². The molecule has 4 aromatic heterocycles. The Morgan fingerprint density at radius 2 is 1.01 bits per heavy atom. The van der Waals surface area contributed by atoms with Crippen molar-refractivity contribution in [3.8, 4) is 29.9 Å². The van der Waals surface area contributed by atoms with Gasteiger partial charge >= 0.3 is 0 Å². The van der Waals surface area contributed by atoms with Crippen LogP contribution in [-0.4, -0.2) is 11.4 Å². The third kappa shape index (κ3) is 12.4. The maximum absolute atomic E-state index is 15.6. The van der Waals surface area contributed by atoms with Gasteiger partial charge in [0.15, 0.2) is 11.4 Å². The minimum absolute atomic E-state index is 0.0680. The molecule has 0 saturated heterocycles. The van der Waals surface area contributed by atoms with E-state index in [2.05, 4.69) is 150 Å². The fraction of sp³-hybridized carbons (Fsp3) is 0.641. The maximum atomic E-state index is 15.6. The Bertz CT molecular complexity index is 2610. The van der Waals surface area contributed by atoms with Gasteiger partial charge in [0, 0.05) is 50.0 Å². The predicted octanol–water partition coefficient (Wildman–Crippen LogP) is 20.6. The molecule has 3 nitrogen and oxygen atoms in total. The number of thiophene rings is 4. The average molecular weight is 1040 g/mol. The monoisotopic (exact) mass is 1030 g/mol. The number of Topliss-reactive ketones (excluding diaryl/α,β-unsaturated/α-hetero) is 1. The van der Waals surface area contributed by atoms with Crippen molar-refractivity contribution in [1.29, 1.82) is 0 Å². The number of unbranched alkanes of at least 4 members (excludes halogenated alkanes) is 12. The topological polar surface area (TPSA) is 41.8 Å². The summed E-state index contributed by atoms with van der Waals surface area (Å²) in [5.74, 6) is 0.767. The molecule has 0 radical (unpaired) electrons. The number of ketones is 1. The lowest BCUT2D eigenvalue weighted by Crippen LogP contribution is -2.46. The zero-order valence-corrected chi connectivity index (χ0v) is 50.5. The van der Waals surface area contributed by atoms with E-state index in [9.17, 15) is 0 Å². The molecule has 0 amide bonds. The largest absolute Gasteiger partial charge is 0.298 e. The van der Waals surface area contributed by atoms with Gasteiger partial charge in [-0.2, -0.15) is 0 Å².